The lowest BCUT2D eigenvalue weighted by atomic mass is 10.1. The zero-order valence-electron chi connectivity index (χ0n) is 17.0. The monoisotopic (exact) mass is 429 g/mol. The Morgan fingerprint density at radius 3 is 2.65 bits per heavy atom. The lowest BCUT2D eigenvalue weighted by molar-refractivity contribution is 0.0421. The number of amides is 1. The number of carbonyl (C=O) groups is 1. The molecular formula is C20H21F2N7O2. The lowest BCUT2D eigenvalue weighted by Gasteiger charge is -2.23. The van der Waals surface area contributed by atoms with Crippen molar-refractivity contribution < 1.29 is 18.4 Å². The van der Waals surface area contributed by atoms with E-state index in [1.165, 1.54) is 15.9 Å². The Hall–Kier alpha value is -3.47. The second kappa shape index (κ2) is 8.72. The van der Waals surface area contributed by atoms with E-state index in [2.05, 4.69) is 20.2 Å². The van der Waals surface area contributed by atoms with E-state index >= 15 is 0 Å². The molecule has 0 saturated carbocycles. The summed E-state index contributed by atoms with van der Waals surface area (Å²) in [6.45, 7) is 4.25. The molecule has 162 valence electrons. The van der Waals surface area contributed by atoms with E-state index < -0.39 is 6.43 Å². The zero-order valence-corrected chi connectivity index (χ0v) is 17.0. The first-order chi connectivity index (χ1) is 14.9. The Kier molecular flexibility index (Phi) is 5.85. The van der Waals surface area contributed by atoms with Gasteiger partial charge in [-0.05, 0) is 26.0 Å². The number of hydrogen-bond donors (Lipinski definition) is 0. The van der Waals surface area contributed by atoms with Gasteiger partial charge in [0.1, 0.15) is 17.6 Å². The van der Waals surface area contributed by atoms with Crippen molar-refractivity contribution in [1.29, 1.82) is 0 Å². The van der Waals surface area contributed by atoms with Gasteiger partial charge in [-0.25, -0.2) is 23.8 Å². The van der Waals surface area contributed by atoms with Crippen LogP contribution in [-0.4, -0.2) is 61.5 Å². The lowest BCUT2D eigenvalue weighted by Crippen LogP contribution is -2.37. The summed E-state index contributed by atoms with van der Waals surface area (Å²) in [5, 5.41) is 9.68. The van der Waals surface area contributed by atoms with Crippen LogP contribution in [0.5, 0.6) is 0 Å². The Morgan fingerprint density at radius 2 is 1.90 bits per heavy atom. The van der Waals surface area contributed by atoms with Gasteiger partial charge >= 0.3 is 0 Å². The van der Waals surface area contributed by atoms with Crippen molar-refractivity contribution in [2.75, 3.05) is 24.7 Å². The van der Waals surface area contributed by atoms with Crippen molar-refractivity contribution in [2.45, 2.75) is 26.4 Å². The van der Waals surface area contributed by atoms with Gasteiger partial charge in [0.2, 0.25) is 0 Å². The highest BCUT2D eigenvalue weighted by atomic mass is 19.3. The molecule has 1 saturated heterocycles. The first kappa shape index (κ1) is 20.8. The average molecular weight is 429 g/mol. The molecular weight excluding hydrogens is 408 g/mol. The van der Waals surface area contributed by atoms with E-state index in [0.29, 0.717) is 24.3 Å². The van der Waals surface area contributed by atoms with Gasteiger partial charge in [0.25, 0.3) is 12.3 Å². The van der Waals surface area contributed by atoms with Crippen LogP contribution in [-0.2, 0) is 4.84 Å². The summed E-state index contributed by atoms with van der Waals surface area (Å²) in [5.41, 5.74) is 0.661. The van der Waals surface area contributed by atoms with Crippen molar-refractivity contribution in [2.24, 2.45) is 0 Å². The van der Waals surface area contributed by atoms with Crippen molar-refractivity contribution in [1.82, 2.24) is 29.9 Å². The summed E-state index contributed by atoms with van der Waals surface area (Å²) in [5.74, 6) is 0.268. The predicted octanol–water partition coefficient (Wildman–Crippen LogP) is 2.59. The molecule has 1 atom stereocenters. The minimum absolute atomic E-state index is 0.197. The number of hydroxylamine groups is 1. The molecule has 0 unspecified atom stereocenters. The molecule has 0 bridgehead atoms. The molecule has 9 nitrogen and oxygen atoms in total. The standard InChI is InChI=1S/C20H21F2N7O2/c1-13-12-27(20(30)15-5-3-4-6-17(15)29-23-7-8-24-29)9-10-28(31-13)18-11-16(19(21)22)25-14(2)26-18/h3-8,11,13,19H,9-10,12H2,1-2H3/t13-/m0/s1. The minimum atomic E-state index is -2.71. The summed E-state index contributed by atoms with van der Waals surface area (Å²) < 4.78 is 26.3. The SMILES string of the molecule is Cc1nc(C(F)F)cc(N2CCN(C(=O)c3ccccc3-n3nccn3)C[C@H](C)O2)n1. The summed E-state index contributed by atoms with van der Waals surface area (Å²) in [4.78, 5) is 30.2. The number of alkyl halides is 2. The number of benzene rings is 1. The number of halogens is 2. The fourth-order valence-corrected chi connectivity index (χ4v) is 3.42. The van der Waals surface area contributed by atoms with Crippen LogP contribution in [0.1, 0.15) is 35.2 Å². The van der Waals surface area contributed by atoms with Gasteiger partial charge in [0.05, 0.1) is 30.2 Å². The van der Waals surface area contributed by atoms with Gasteiger partial charge in [0.15, 0.2) is 5.82 Å². The highest BCUT2D eigenvalue weighted by Gasteiger charge is 2.28. The van der Waals surface area contributed by atoms with Crippen LogP contribution in [0.3, 0.4) is 0 Å². The van der Waals surface area contributed by atoms with Crippen molar-refractivity contribution in [3.8, 4) is 5.69 Å². The molecule has 0 N–H and O–H groups in total. The van der Waals surface area contributed by atoms with Crippen molar-refractivity contribution in [3.63, 3.8) is 0 Å². The maximum atomic E-state index is 13.3. The molecule has 0 spiro atoms. The number of aromatic nitrogens is 5. The third-order valence-electron chi connectivity index (χ3n) is 4.74. The van der Waals surface area contributed by atoms with Crippen molar-refractivity contribution >= 4 is 11.7 Å². The van der Waals surface area contributed by atoms with Gasteiger partial charge in [-0.1, -0.05) is 12.1 Å². The minimum Gasteiger partial charge on any atom is -0.334 e. The molecule has 1 amide bonds. The van der Waals surface area contributed by atoms with E-state index in [1.807, 2.05) is 13.0 Å². The van der Waals surface area contributed by atoms with E-state index in [1.54, 1.807) is 42.4 Å². The largest absolute Gasteiger partial charge is 0.334 e. The Morgan fingerprint density at radius 1 is 1.16 bits per heavy atom. The van der Waals surface area contributed by atoms with E-state index in [4.69, 9.17) is 4.84 Å². The van der Waals surface area contributed by atoms with Gasteiger partial charge in [-0.15, -0.1) is 0 Å². The van der Waals surface area contributed by atoms with Crippen LogP contribution >= 0.6 is 0 Å². The molecule has 3 heterocycles. The van der Waals surface area contributed by atoms with Crippen LogP contribution in [0.15, 0.2) is 42.7 Å². The number of aryl methyl sites for hydroxylation is 1. The topological polar surface area (TPSA) is 89.3 Å². The van der Waals surface area contributed by atoms with E-state index in [0.717, 1.165) is 0 Å². The quantitative estimate of drug-likeness (QED) is 0.630. The number of anilines is 1. The van der Waals surface area contributed by atoms with E-state index in [9.17, 15) is 13.6 Å². The highest BCUT2D eigenvalue weighted by Crippen LogP contribution is 2.24. The molecule has 1 fully saturated rings. The summed E-state index contributed by atoms with van der Waals surface area (Å²) >= 11 is 0. The van der Waals surface area contributed by atoms with E-state index in [-0.39, 0.29) is 35.9 Å². The van der Waals surface area contributed by atoms with Crippen LogP contribution in [0.4, 0.5) is 14.6 Å². The molecule has 2 aromatic heterocycles. The number of carbonyl (C=O) groups excluding carboxylic acids is 1. The van der Waals surface area contributed by atoms with Gasteiger partial charge in [-0.3, -0.25) is 9.63 Å². The summed E-state index contributed by atoms with van der Waals surface area (Å²) in [7, 11) is 0. The maximum Gasteiger partial charge on any atom is 0.280 e. The molecule has 4 rings (SSSR count). The Balaban J connectivity index is 1.57. The first-order valence-corrected chi connectivity index (χ1v) is 9.75. The second-order valence-corrected chi connectivity index (χ2v) is 7.10. The third kappa shape index (κ3) is 4.50. The second-order valence-electron chi connectivity index (χ2n) is 7.10. The van der Waals surface area contributed by atoms with Crippen molar-refractivity contribution in [3.05, 3.63) is 59.8 Å². The van der Waals surface area contributed by atoms with Gasteiger partial charge in [-0.2, -0.15) is 15.0 Å². The molecule has 31 heavy (non-hydrogen) atoms. The Labute approximate surface area is 177 Å². The number of para-hydroxylation sites is 1. The molecule has 0 radical (unpaired) electrons. The summed E-state index contributed by atoms with van der Waals surface area (Å²) in [6.07, 6.45) is -0.0153. The molecule has 1 aliphatic rings. The number of rotatable bonds is 4. The molecule has 11 heteroatoms. The Bertz CT molecular complexity index is 1060. The smallest absolute Gasteiger partial charge is 0.280 e. The first-order valence-electron chi connectivity index (χ1n) is 9.75. The molecule has 1 aliphatic heterocycles. The van der Waals surface area contributed by atoms with Crippen LogP contribution < -0.4 is 5.06 Å². The average Bonchev–Trinajstić information content (AvgIpc) is 3.22. The molecule has 0 aliphatic carbocycles. The van der Waals surface area contributed by atoms with Crippen LogP contribution in [0.2, 0.25) is 0 Å². The summed E-state index contributed by atoms with van der Waals surface area (Å²) in [6, 6.07) is 8.29. The maximum absolute atomic E-state index is 13.3. The fourth-order valence-electron chi connectivity index (χ4n) is 3.42. The van der Waals surface area contributed by atoms with Crippen LogP contribution in [0, 0.1) is 6.92 Å². The molecule has 1 aromatic carbocycles. The van der Waals surface area contributed by atoms with Crippen LogP contribution in [0.25, 0.3) is 5.69 Å². The predicted molar refractivity (Wildman–Crippen MR) is 107 cm³/mol. The van der Waals surface area contributed by atoms with Gasteiger partial charge < -0.3 is 4.90 Å². The van der Waals surface area contributed by atoms with Gasteiger partial charge in [0, 0.05) is 19.2 Å². The normalized spacial score (nSPS) is 17.1. The third-order valence-corrected chi connectivity index (χ3v) is 4.74. The number of hydrogen-bond acceptors (Lipinski definition) is 7. The fraction of sp³-hybridized carbons (Fsp3) is 0.350. The zero-order chi connectivity index (χ0) is 22.0. The molecule has 3 aromatic rings. The highest BCUT2D eigenvalue weighted by molar-refractivity contribution is 5.97. The number of nitrogens with zero attached hydrogens (tertiary/aromatic N) is 7.